The number of hydrogen-bond acceptors (Lipinski definition) is 3. The molecule has 4 heteroatoms. The van der Waals surface area contributed by atoms with Crippen molar-refractivity contribution in [1.29, 1.82) is 0 Å². The third kappa shape index (κ3) is 3.45. The lowest BCUT2D eigenvalue weighted by atomic mass is 9.87. The van der Waals surface area contributed by atoms with Crippen molar-refractivity contribution in [1.82, 2.24) is 4.98 Å². The quantitative estimate of drug-likeness (QED) is 0.846. The monoisotopic (exact) mass is 311 g/mol. The Morgan fingerprint density at radius 2 is 2.22 bits per heavy atom. The molecule has 0 bridgehead atoms. The summed E-state index contributed by atoms with van der Waals surface area (Å²) in [5.41, 5.74) is 3.41. The fourth-order valence-corrected chi connectivity index (χ4v) is 2.17. The maximum atomic E-state index is 10.5. The molecule has 0 spiro atoms. The van der Waals surface area contributed by atoms with Gasteiger partial charge in [-0.25, -0.2) is 4.98 Å². The molecule has 98 valence electrons. The highest BCUT2D eigenvalue weighted by atomic mass is 79.9. The van der Waals surface area contributed by atoms with Crippen molar-refractivity contribution in [3.05, 3.63) is 40.7 Å². The van der Waals surface area contributed by atoms with Crippen LogP contribution < -0.4 is 4.74 Å². The highest BCUT2D eigenvalue weighted by molar-refractivity contribution is 9.10. The van der Waals surface area contributed by atoms with Crippen LogP contribution in [0.2, 0.25) is 0 Å². The summed E-state index contributed by atoms with van der Waals surface area (Å²) in [5, 5.41) is 10.5. The first kappa shape index (κ1) is 15.0. The van der Waals surface area contributed by atoms with Gasteiger partial charge in [0.2, 0.25) is 5.88 Å². The van der Waals surface area contributed by atoms with Crippen LogP contribution in [0.15, 0.2) is 35.1 Å². The Labute approximate surface area is 116 Å². The molecule has 2 unspecified atom stereocenters. The molecule has 1 heterocycles. The van der Waals surface area contributed by atoms with Crippen LogP contribution in [0.3, 0.4) is 0 Å². The van der Waals surface area contributed by atoms with Crippen LogP contribution in [-0.4, -0.2) is 17.2 Å². The Morgan fingerprint density at radius 3 is 2.72 bits per heavy atom. The molecule has 0 amide bonds. The molecular formula is C14H18BrNO2. The van der Waals surface area contributed by atoms with Crippen LogP contribution in [0.4, 0.5) is 0 Å². The van der Waals surface area contributed by atoms with Crippen LogP contribution in [0.1, 0.15) is 25.5 Å². The molecule has 0 aliphatic rings. The highest BCUT2D eigenvalue weighted by Gasteiger charge is 2.25. The van der Waals surface area contributed by atoms with Gasteiger partial charge >= 0.3 is 0 Å². The zero-order valence-electron chi connectivity index (χ0n) is 10.9. The number of ether oxygens (including phenoxy) is 1. The zero-order valence-corrected chi connectivity index (χ0v) is 12.4. The van der Waals surface area contributed by atoms with Crippen molar-refractivity contribution in [3.8, 4) is 5.88 Å². The van der Waals surface area contributed by atoms with Gasteiger partial charge in [-0.1, -0.05) is 20.4 Å². The number of pyridine rings is 1. The van der Waals surface area contributed by atoms with Gasteiger partial charge in [0.1, 0.15) is 0 Å². The molecule has 0 fully saturated rings. The van der Waals surface area contributed by atoms with E-state index in [0.717, 1.165) is 4.47 Å². The Bertz CT molecular complexity index is 453. The molecular weight excluding hydrogens is 294 g/mol. The fourth-order valence-electron chi connectivity index (χ4n) is 1.82. The van der Waals surface area contributed by atoms with E-state index in [4.69, 9.17) is 4.74 Å². The first-order valence-corrected chi connectivity index (χ1v) is 6.54. The molecule has 0 aliphatic heterocycles. The van der Waals surface area contributed by atoms with Crippen molar-refractivity contribution in [3.63, 3.8) is 0 Å². The predicted octanol–water partition coefficient (Wildman–Crippen LogP) is 3.50. The van der Waals surface area contributed by atoms with Gasteiger partial charge in [-0.05, 0) is 34.0 Å². The van der Waals surface area contributed by atoms with E-state index in [1.165, 1.54) is 0 Å². The predicted molar refractivity (Wildman–Crippen MR) is 75.5 cm³/mol. The van der Waals surface area contributed by atoms with Gasteiger partial charge in [-0.3, -0.25) is 0 Å². The summed E-state index contributed by atoms with van der Waals surface area (Å²) in [6.45, 7) is 7.65. The van der Waals surface area contributed by atoms with Gasteiger partial charge in [-0.15, -0.1) is 5.73 Å². The third-order valence-electron chi connectivity index (χ3n) is 2.80. The molecule has 0 radical (unpaired) electrons. The van der Waals surface area contributed by atoms with Crippen molar-refractivity contribution in [2.24, 2.45) is 11.8 Å². The van der Waals surface area contributed by atoms with E-state index in [0.29, 0.717) is 11.4 Å². The summed E-state index contributed by atoms with van der Waals surface area (Å²) < 4.78 is 6.00. The summed E-state index contributed by atoms with van der Waals surface area (Å²) in [7, 11) is 1.54. The number of rotatable bonds is 5. The highest BCUT2D eigenvalue weighted by Crippen LogP contribution is 2.34. The molecule has 18 heavy (non-hydrogen) atoms. The van der Waals surface area contributed by atoms with E-state index >= 15 is 0 Å². The summed E-state index contributed by atoms with van der Waals surface area (Å²) in [6, 6.07) is 1.82. The van der Waals surface area contributed by atoms with E-state index in [1.54, 1.807) is 19.4 Å². The Kier molecular flexibility index (Phi) is 5.60. The Hall–Kier alpha value is -1.09. The SMILES string of the molecule is C=C=CC(C(C)C)C(O)c1cc(Br)cnc1OC. The van der Waals surface area contributed by atoms with Gasteiger partial charge in [0, 0.05) is 22.2 Å². The number of methoxy groups -OCH3 is 1. The van der Waals surface area contributed by atoms with Gasteiger partial charge in [0.15, 0.2) is 0 Å². The molecule has 2 atom stereocenters. The maximum absolute atomic E-state index is 10.5. The molecule has 0 saturated heterocycles. The minimum absolute atomic E-state index is 0.0764. The van der Waals surface area contributed by atoms with Crippen LogP contribution >= 0.6 is 15.9 Å². The second-order valence-corrected chi connectivity index (χ2v) is 5.30. The number of hydrogen-bond donors (Lipinski definition) is 1. The van der Waals surface area contributed by atoms with E-state index in [9.17, 15) is 5.11 Å². The summed E-state index contributed by atoms with van der Waals surface area (Å²) in [5.74, 6) is 0.624. The lowest BCUT2D eigenvalue weighted by Gasteiger charge is -2.24. The number of halogens is 1. The van der Waals surface area contributed by atoms with Gasteiger partial charge in [-0.2, -0.15) is 0 Å². The van der Waals surface area contributed by atoms with Crippen LogP contribution in [-0.2, 0) is 0 Å². The average molecular weight is 312 g/mol. The summed E-state index contributed by atoms with van der Waals surface area (Å²) in [6.07, 6.45) is 2.73. The van der Waals surface area contributed by atoms with Gasteiger partial charge in [0.05, 0.1) is 13.2 Å². The first-order chi connectivity index (χ1) is 8.51. The van der Waals surface area contributed by atoms with Crippen molar-refractivity contribution < 1.29 is 9.84 Å². The zero-order chi connectivity index (χ0) is 13.7. The Morgan fingerprint density at radius 1 is 1.56 bits per heavy atom. The molecule has 0 saturated carbocycles. The number of aromatic nitrogens is 1. The molecule has 0 aliphatic carbocycles. The van der Waals surface area contributed by atoms with Crippen LogP contribution in [0, 0.1) is 11.8 Å². The lowest BCUT2D eigenvalue weighted by molar-refractivity contribution is 0.104. The molecule has 1 rings (SSSR count). The fraction of sp³-hybridized carbons (Fsp3) is 0.429. The average Bonchev–Trinajstić information content (AvgIpc) is 2.34. The van der Waals surface area contributed by atoms with Crippen molar-refractivity contribution in [2.75, 3.05) is 7.11 Å². The normalized spacial score (nSPS) is 13.9. The minimum Gasteiger partial charge on any atom is -0.481 e. The lowest BCUT2D eigenvalue weighted by Crippen LogP contribution is -2.17. The molecule has 0 aromatic carbocycles. The smallest absolute Gasteiger partial charge is 0.218 e. The molecule has 1 N–H and O–H groups in total. The molecule has 1 aromatic rings. The van der Waals surface area contributed by atoms with Gasteiger partial charge < -0.3 is 9.84 Å². The molecule has 3 nitrogen and oxygen atoms in total. The van der Waals surface area contributed by atoms with E-state index in [-0.39, 0.29) is 11.8 Å². The van der Waals surface area contributed by atoms with E-state index in [1.807, 2.05) is 19.9 Å². The van der Waals surface area contributed by atoms with E-state index in [2.05, 4.69) is 33.2 Å². The number of nitrogens with zero attached hydrogens (tertiary/aromatic N) is 1. The third-order valence-corrected chi connectivity index (χ3v) is 3.24. The van der Waals surface area contributed by atoms with Crippen molar-refractivity contribution in [2.45, 2.75) is 20.0 Å². The second kappa shape index (κ2) is 6.74. The summed E-state index contributed by atoms with van der Waals surface area (Å²) >= 11 is 3.35. The number of aliphatic hydroxyl groups excluding tert-OH is 1. The largest absolute Gasteiger partial charge is 0.481 e. The van der Waals surface area contributed by atoms with Crippen molar-refractivity contribution >= 4 is 15.9 Å². The second-order valence-electron chi connectivity index (χ2n) is 4.39. The molecule has 1 aromatic heterocycles. The van der Waals surface area contributed by atoms with Crippen LogP contribution in [0.25, 0.3) is 0 Å². The Balaban J connectivity index is 3.18. The summed E-state index contributed by atoms with van der Waals surface area (Å²) in [4.78, 5) is 4.14. The number of aliphatic hydroxyl groups is 1. The standard InChI is InChI=1S/C14H18BrNO2/c1-5-6-11(9(2)3)13(17)12-7-10(15)8-16-14(12)18-4/h6-9,11,13,17H,1H2,2-4H3. The topological polar surface area (TPSA) is 42.4 Å². The van der Waals surface area contributed by atoms with E-state index < -0.39 is 6.10 Å². The van der Waals surface area contributed by atoms with Gasteiger partial charge in [0.25, 0.3) is 0 Å². The maximum Gasteiger partial charge on any atom is 0.218 e. The van der Waals surface area contributed by atoms with Crippen LogP contribution in [0.5, 0.6) is 5.88 Å². The first-order valence-electron chi connectivity index (χ1n) is 5.74. The minimum atomic E-state index is -0.695.